The molecule has 2 rings (SSSR count). The van der Waals surface area contributed by atoms with E-state index in [1.807, 2.05) is 6.92 Å². The molecule has 0 aliphatic carbocycles. The van der Waals surface area contributed by atoms with Gasteiger partial charge in [-0.15, -0.1) is 0 Å². The fourth-order valence-corrected chi connectivity index (χ4v) is 3.51. The lowest BCUT2D eigenvalue weighted by molar-refractivity contribution is 0.0938. The van der Waals surface area contributed by atoms with Crippen molar-refractivity contribution in [2.24, 2.45) is 0 Å². The van der Waals surface area contributed by atoms with Crippen molar-refractivity contribution in [2.75, 3.05) is 4.72 Å². The summed E-state index contributed by atoms with van der Waals surface area (Å²) in [5, 5.41) is 3.37. The molecule has 0 radical (unpaired) electrons. The molecule has 0 bridgehead atoms. The number of sulfonamides is 1. The Kier molecular flexibility index (Phi) is 6.45. The second-order valence-electron chi connectivity index (χ2n) is 5.80. The number of rotatable bonds is 7. The zero-order valence-electron chi connectivity index (χ0n) is 14.1. The molecule has 0 aliphatic heterocycles. The van der Waals surface area contributed by atoms with Gasteiger partial charge in [0, 0.05) is 22.3 Å². The van der Waals surface area contributed by atoms with Gasteiger partial charge in [0.25, 0.3) is 15.9 Å². The molecule has 0 spiro atoms. The lowest BCUT2D eigenvalue weighted by atomic mass is 10.1. The van der Waals surface area contributed by atoms with Crippen molar-refractivity contribution >= 4 is 33.2 Å². The van der Waals surface area contributed by atoms with Crippen LogP contribution < -0.4 is 10.0 Å². The maximum absolute atomic E-state index is 12.3. The first-order valence-corrected chi connectivity index (χ1v) is 9.87. The van der Waals surface area contributed by atoms with Crippen LogP contribution in [0, 0.1) is 0 Å². The Bertz CT molecular complexity index is 818. The Morgan fingerprint density at radius 1 is 1.08 bits per heavy atom. The normalized spacial score (nSPS) is 12.4. The van der Waals surface area contributed by atoms with E-state index in [-0.39, 0.29) is 16.8 Å². The highest BCUT2D eigenvalue weighted by Crippen LogP contribution is 2.18. The summed E-state index contributed by atoms with van der Waals surface area (Å²) in [6, 6.07) is 12.3. The molecule has 0 heterocycles. The van der Waals surface area contributed by atoms with Crippen LogP contribution in [-0.4, -0.2) is 20.4 Å². The molecular weight excluding hydrogens is 360 g/mol. The first-order chi connectivity index (χ1) is 11.8. The number of hydrogen-bond acceptors (Lipinski definition) is 3. The van der Waals surface area contributed by atoms with Crippen LogP contribution in [-0.2, 0) is 10.0 Å². The van der Waals surface area contributed by atoms with Gasteiger partial charge in [0.2, 0.25) is 0 Å². The number of carbonyl (C=O) groups excluding carboxylic acids is 1. The van der Waals surface area contributed by atoms with Crippen molar-refractivity contribution in [2.45, 2.75) is 37.6 Å². The smallest absolute Gasteiger partial charge is 0.261 e. The Morgan fingerprint density at radius 3 is 2.24 bits per heavy atom. The second-order valence-corrected chi connectivity index (χ2v) is 7.92. The summed E-state index contributed by atoms with van der Waals surface area (Å²) < 4.78 is 27.1. The van der Waals surface area contributed by atoms with Gasteiger partial charge < -0.3 is 5.32 Å². The van der Waals surface area contributed by atoms with E-state index < -0.39 is 10.0 Å². The van der Waals surface area contributed by atoms with E-state index in [4.69, 9.17) is 11.6 Å². The zero-order chi connectivity index (χ0) is 18.4. The van der Waals surface area contributed by atoms with E-state index in [9.17, 15) is 13.2 Å². The van der Waals surface area contributed by atoms with Crippen molar-refractivity contribution in [3.63, 3.8) is 0 Å². The summed E-state index contributed by atoms with van der Waals surface area (Å²) in [7, 11) is -3.70. The monoisotopic (exact) mass is 380 g/mol. The first kappa shape index (κ1) is 19.3. The van der Waals surface area contributed by atoms with E-state index >= 15 is 0 Å². The lowest BCUT2D eigenvalue weighted by Gasteiger charge is -2.13. The molecule has 0 saturated carbocycles. The van der Waals surface area contributed by atoms with Crippen molar-refractivity contribution in [3.05, 3.63) is 59.1 Å². The first-order valence-electron chi connectivity index (χ1n) is 8.01. The minimum absolute atomic E-state index is 0.0978. The fourth-order valence-electron chi connectivity index (χ4n) is 2.33. The Balaban J connectivity index is 2.07. The van der Waals surface area contributed by atoms with Gasteiger partial charge in [-0.2, -0.15) is 0 Å². The number of carbonyl (C=O) groups is 1. The highest BCUT2D eigenvalue weighted by atomic mass is 35.5. The average Bonchev–Trinajstić information content (AvgIpc) is 2.55. The van der Waals surface area contributed by atoms with Crippen LogP contribution in [0.5, 0.6) is 0 Å². The SMILES string of the molecule is CCC[C@H](C)NC(=O)c1ccc(NS(=O)(=O)c2ccc(Cl)cc2)cc1. The number of nitrogens with one attached hydrogen (secondary N) is 2. The maximum atomic E-state index is 12.3. The molecule has 2 N–H and O–H groups in total. The number of benzene rings is 2. The Labute approximate surface area is 153 Å². The molecule has 7 heteroatoms. The third-order valence-corrected chi connectivity index (χ3v) is 5.27. The molecule has 0 unspecified atom stereocenters. The standard InChI is InChI=1S/C18H21ClN2O3S/c1-3-4-13(2)20-18(22)14-5-9-16(10-6-14)21-25(23,24)17-11-7-15(19)8-12-17/h5-13,21H,3-4H2,1-2H3,(H,20,22)/t13-/m0/s1. The number of amides is 1. The molecule has 25 heavy (non-hydrogen) atoms. The molecule has 0 aromatic heterocycles. The maximum Gasteiger partial charge on any atom is 0.261 e. The van der Waals surface area contributed by atoms with Crippen molar-refractivity contribution in [1.29, 1.82) is 0 Å². The van der Waals surface area contributed by atoms with Gasteiger partial charge in [-0.25, -0.2) is 8.42 Å². The highest BCUT2D eigenvalue weighted by Gasteiger charge is 2.15. The molecule has 1 atom stereocenters. The summed E-state index contributed by atoms with van der Waals surface area (Å²) in [4.78, 5) is 12.2. The van der Waals surface area contributed by atoms with Gasteiger partial charge in [0.1, 0.15) is 0 Å². The minimum atomic E-state index is -3.70. The van der Waals surface area contributed by atoms with Gasteiger partial charge >= 0.3 is 0 Å². The van der Waals surface area contributed by atoms with E-state index in [1.165, 1.54) is 24.3 Å². The second kappa shape index (κ2) is 8.36. The van der Waals surface area contributed by atoms with Crippen LogP contribution in [0.25, 0.3) is 0 Å². The van der Waals surface area contributed by atoms with Crippen LogP contribution in [0.15, 0.2) is 53.4 Å². The van der Waals surface area contributed by atoms with Crippen LogP contribution in [0.1, 0.15) is 37.0 Å². The molecular formula is C18H21ClN2O3S. The van der Waals surface area contributed by atoms with Gasteiger partial charge in [0.05, 0.1) is 4.90 Å². The van der Waals surface area contributed by atoms with Gasteiger partial charge in [-0.05, 0) is 61.9 Å². The fraction of sp³-hybridized carbons (Fsp3) is 0.278. The van der Waals surface area contributed by atoms with Crippen LogP contribution >= 0.6 is 11.6 Å². The molecule has 0 fully saturated rings. The molecule has 0 aliphatic rings. The highest BCUT2D eigenvalue weighted by molar-refractivity contribution is 7.92. The largest absolute Gasteiger partial charge is 0.350 e. The van der Waals surface area contributed by atoms with Crippen LogP contribution in [0.3, 0.4) is 0 Å². The van der Waals surface area contributed by atoms with Crippen molar-refractivity contribution in [1.82, 2.24) is 5.32 Å². The third-order valence-electron chi connectivity index (χ3n) is 3.62. The molecule has 2 aromatic rings. The number of hydrogen-bond donors (Lipinski definition) is 2. The lowest BCUT2D eigenvalue weighted by Crippen LogP contribution is -2.32. The molecule has 2 aromatic carbocycles. The van der Waals surface area contributed by atoms with Gasteiger partial charge in [0.15, 0.2) is 0 Å². The predicted molar refractivity (Wildman–Crippen MR) is 101 cm³/mol. The van der Waals surface area contributed by atoms with Crippen molar-refractivity contribution in [3.8, 4) is 0 Å². The van der Waals surface area contributed by atoms with Crippen LogP contribution in [0.4, 0.5) is 5.69 Å². The quantitative estimate of drug-likeness (QED) is 0.760. The van der Waals surface area contributed by atoms with E-state index in [0.29, 0.717) is 16.3 Å². The summed E-state index contributed by atoms with van der Waals surface area (Å²) >= 11 is 5.77. The number of anilines is 1. The summed E-state index contributed by atoms with van der Waals surface area (Å²) in [5.41, 5.74) is 0.866. The third kappa shape index (κ3) is 5.47. The van der Waals surface area contributed by atoms with E-state index in [0.717, 1.165) is 12.8 Å². The zero-order valence-corrected chi connectivity index (χ0v) is 15.7. The minimum Gasteiger partial charge on any atom is -0.350 e. The van der Waals surface area contributed by atoms with Crippen molar-refractivity contribution < 1.29 is 13.2 Å². The van der Waals surface area contributed by atoms with Crippen LogP contribution in [0.2, 0.25) is 5.02 Å². The Morgan fingerprint density at radius 2 is 1.68 bits per heavy atom. The molecule has 0 saturated heterocycles. The Hall–Kier alpha value is -2.05. The molecule has 134 valence electrons. The average molecular weight is 381 g/mol. The summed E-state index contributed by atoms with van der Waals surface area (Å²) in [6.45, 7) is 4.01. The topological polar surface area (TPSA) is 75.3 Å². The van der Waals surface area contributed by atoms with E-state index in [2.05, 4.69) is 17.0 Å². The number of halogens is 1. The summed E-state index contributed by atoms with van der Waals surface area (Å²) in [5.74, 6) is -0.173. The van der Waals surface area contributed by atoms with E-state index in [1.54, 1.807) is 24.3 Å². The molecule has 1 amide bonds. The predicted octanol–water partition coefficient (Wildman–Crippen LogP) is 4.06. The molecule has 5 nitrogen and oxygen atoms in total. The van der Waals surface area contributed by atoms with Gasteiger partial charge in [-0.1, -0.05) is 24.9 Å². The summed E-state index contributed by atoms with van der Waals surface area (Å²) in [6.07, 6.45) is 1.90. The van der Waals surface area contributed by atoms with Gasteiger partial charge in [-0.3, -0.25) is 9.52 Å².